The van der Waals surface area contributed by atoms with Crippen LogP contribution in [0.3, 0.4) is 0 Å². The highest BCUT2D eigenvalue weighted by Crippen LogP contribution is 2.42. The molecule has 0 spiro atoms. The molecule has 0 aliphatic carbocycles. The maximum atomic E-state index is 13.2. The molecule has 3 aromatic carbocycles. The van der Waals surface area contributed by atoms with Crippen molar-refractivity contribution < 1.29 is 18.7 Å². The van der Waals surface area contributed by atoms with E-state index in [0.717, 1.165) is 26.6 Å². The fraction of sp³-hybridized carbons (Fsp3) is 0.160. The second kappa shape index (κ2) is 9.09. The Bertz CT molecular complexity index is 1350. The number of carbonyl (C=O) groups is 2. The smallest absolute Gasteiger partial charge is 0.259 e. The molecule has 4 aromatic rings. The zero-order valence-corrected chi connectivity index (χ0v) is 18.7. The van der Waals surface area contributed by atoms with Crippen molar-refractivity contribution in [2.24, 2.45) is 0 Å². The van der Waals surface area contributed by atoms with E-state index in [-0.39, 0.29) is 18.2 Å². The molecule has 0 fully saturated rings. The van der Waals surface area contributed by atoms with Crippen molar-refractivity contribution in [2.45, 2.75) is 16.2 Å². The monoisotopic (exact) mass is 459 g/mol. The first kappa shape index (κ1) is 21.2. The van der Waals surface area contributed by atoms with Crippen LogP contribution in [0, 0.1) is 0 Å². The molecular formula is C25H21N3O4S. The molecule has 2 amide bonds. The quantitative estimate of drug-likeness (QED) is 0.447. The van der Waals surface area contributed by atoms with Crippen molar-refractivity contribution in [1.29, 1.82) is 0 Å². The molecule has 0 atom stereocenters. The third-order valence-corrected chi connectivity index (χ3v) is 6.52. The Morgan fingerprint density at radius 1 is 1.12 bits per heavy atom. The van der Waals surface area contributed by atoms with Crippen LogP contribution in [0.25, 0.3) is 11.1 Å². The summed E-state index contributed by atoms with van der Waals surface area (Å²) in [4.78, 5) is 33.6. The van der Waals surface area contributed by atoms with Gasteiger partial charge in [-0.05, 0) is 48.0 Å². The average Bonchev–Trinajstić information content (AvgIpc) is 3.24. The fourth-order valence-electron chi connectivity index (χ4n) is 3.81. The second-order valence-corrected chi connectivity index (χ2v) is 8.69. The van der Waals surface area contributed by atoms with E-state index in [9.17, 15) is 9.59 Å². The van der Waals surface area contributed by atoms with Gasteiger partial charge in [-0.2, -0.15) is 0 Å². The molecule has 0 saturated heterocycles. The van der Waals surface area contributed by atoms with E-state index in [2.05, 4.69) is 10.3 Å². The van der Waals surface area contributed by atoms with Crippen molar-refractivity contribution in [3.63, 3.8) is 0 Å². The van der Waals surface area contributed by atoms with E-state index in [1.54, 1.807) is 12.0 Å². The molecule has 0 bridgehead atoms. The molecule has 166 valence electrons. The van der Waals surface area contributed by atoms with E-state index in [1.165, 1.54) is 18.2 Å². The van der Waals surface area contributed by atoms with Crippen molar-refractivity contribution in [1.82, 2.24) is 4.98 Å². The highest BCUT2D eigenvalue weighted by Gasteiger charge is 2.27. The molecule has 0 saturated carbocycles. The van der Waals surface area contributed by atoms with E-state index in [4.69, 9.17) is 9.15 Å². The summed E-state index contributed by atoms with van der Waals surface area (Å²) in [7, 11) is 1.62. The molecule has 1 aromatic heterocycles. The van der Waals surface area contributed by atoms with Gasteiger partial charge >= 0.3 is 0 Å². The van der Waals surface area contributed by atoms with Gasteiger partial charge in [-0.1, -0.05) is 30.0 Å². The number of oxazole rings is 1. The Balaban J connectivity index is 1.40. The van der Waals surface area contributed by atoms with Gasteiger partial charge in [-0.3, -0.25) is 9.59 Å². The van der Waals surface area contributed by atoms with Gasteiger partial charge in [-0.25, -0.2) is 4.98 Å². The molecule has 2 heterocycles. The Hall–Kier alpha value is -3.62. The lowest BCUT2D eigenvalue weighted by molar-refractivity contribution is -0.115. The molecule has 33 heavy (non-hydrogen) atoms. The molecule has 5 rings (SSSR count). The van der Waals surface area contributed by atoms with Crippen LogP contribution in [0.5, 0.6) is 0 Å². The van der Waals surface area contributed by atoms with Crippen LogP contribution >= 0.6 is 11.8 Å². The summed E-state index contributed by atoms with van der Waals surface area (Å²) in [6, 6.07) is 18.7. The summed E-state index contributed by atoms with van der Waals surface area (Å²) in [6.45, 7) is 0.861. The highest BCUT2D eigenvalue weighted by molar-refractivity contribution is 7.99. The van der Waals surface area contributed by atoms with E-state index in [1.807, 2.05) is 60.7 Å². The lowest BCUT2D eigenvalue weighted by Crippen LogP contribution is -2.33. The Labute approximate surface area is 194 Å². The van der Waals surface area contributed by atoms with Crippen LogP contribution in [0.2, 0.25) is 0 Å². The Kier molecular flexibility index (Phi) is 5.85. The van der Waals surface area contributed by atoms with Crippen molar-refractivity contribution in [3.05, 3.63) is 78.2 Å². The minimum atomic E-state index is -0.135. The van der Waals surface area contributed by atoms with E-state index < -0.39 is 0 Å². The number of methoxy groups -OCH3 is 1. The lowest BCUT2D eigenvalue weighted by atomic mass is 10.1. The van der Waals surface area contributed by atoms with Crippen LogP contribution in [-0.4, -0.2) is 37.1 Å². The van der Waals surface area contributed by atoms with Crippen LogP contribution in [0.15, 0.2) is 81.3 Å². The SMILES string of the molecule is COCCN1C(=O)c2ccccc2Sc2cc(NC(=O)Cc3ccc4ocnc4c3)ccc21. The third kappa shape index (κ3) is 4.35. The minimum absolute atomic E-state index is 0.0612. The summed E-state index contributed by atoms with van der Waals surface area (Å²) < 4.78 is 10.5. The van der Waals surface area contributed by atoms with Gasteiger partial charge in [0.1, 0.15) is 5.52 Å². The van der Waals surface area contributed by atoms with Crippen LogP contribution < -0.4 is 10.2 Å². The molecule has 1 N–H and O–H groups in total. The Morgan fingerprint density at radius 2 is 2.00 bits per heavy atom. The first-order valence-electron chi connectivity index (χ1n) is 10.5. The normalized spacial score (nSPS) is 12.9. The topological polar surface area (TPSA) is 84.7 Å². The van der Waals surface area contributed by atoms with Gasteiger partial charge in [0.15, 0.2) is 12.0 Å². The number of ether oxygens (including phenoxy) is 1. The number of hydrogen-bond donors (Lipinski definition) is 1. The molecule has 7 nitrogen and oxygen atoms in total. The van der Waals surface area contributed by atoms with E-state index in [0.29, 0.717) is 30.0 Å². The van der Waals surface area contributed by atoms with Crippen molar-refractivity contribution in [3.8, 4) is 0 Å². The fourth-order valence-corrected chi connectivity index (χ4v) is 4.93. The summed E-state index contributed by atoms with van der Waals surface area (Å²) >= 11 is 1.52. The van der Waals surface area contributed by atoms with E-state index >= 15 is 0 Å². The maximum Gasteiger partial charge on any atom is 0.259 e. The molecule has 0 unspecified atom stereocenters. The highest BCUT2D eigenvalue weighted by atomic mass is 32.2. The predicted octanol–water partition coefficient (Wildman–Crippen LogP) is 4.77. The van der Waals surface area contributed by atoms with Crippen molar-refractivity contribution in [2.75, 3.05) is 30.5 Å². The van der Waals surface area contributed by atoms with Crippen LogP contribution in [0.1, 0.15) is 15.9 Å². The summed E-state index contributed by atoms with van der Waals surface area (Å²) in [5.74, 6) is -0.196. The summed E-state index contributed by atoms with van der Waals surface area (Å²) in [6.07, 6.45) is 1.61. The zero-order valence-electron chi connectivity index (χ0n) is 17.9. The largest absolute Gasteiger partial charge is 0.443 e. The number of fused-ring (bicyclic) bond motifs is 3. The second-order valence-electron chi connectivity index (χ2n) is 7.61. The minimum Gasteiger partial charge on any atom is -0.443 e. The van der Waals surface area contributed by atoms with Gasteiger partial charge in [0.2, 0.25) is 5.91 Å². The first-order chi connectivity index (χ1) is 16.1. The predicted molar refractivity (Wildman–Crippen MR) is 127 cm³/mol. The van der Waals surface area contributed by atoms with Crippen LogP contribution in [0.4, 0.5) is 11.4 Å². The van der Waals surface area contributed by atoms with Gasteiger partial charge in [0.05, 0.1) is 24.3 Å². The van der Waals surface area contributed by atoms with Crippen LogP contribution in [-0.2, 0) is 16.0 Å². The molecule has 0 radical (unpaired) electrons. The maximum absolute atomic E-state index is 13.2. The number of nitrogens with one attached hydrogen (secondary N) is 1. The van der Waals surface area contributed by atoms with Crippen molar-refractivity contribution >= 4 is 46.1 Å². The van der Waals surface area contributed by atoms with Gasteiger partial charge < -0.3 is 19.4 Å². The zero-order chi connectivity index (χ0) is 22.8. The number of benzene rings is 3. The first-order valence-corrected chi connectivity index (χ1v) is 11.3. The molecule has 8 heteroatoms. The number of aromatic nitrogens is 1. The number of carbonyl (C=O) groups excluding carboxylic acids is 2. The van der Waals surface area contributed by atoms with Gasteiger partial charge in [0.25, 0.3) is 5.91 Å². The molecule has 1 aliphatic heterocycles. The van der Waals surface area contributed by atoms with Gasteiger partial charge in [-0.15, -0.1) is 0 Å². The number of rotatable bonds is 6. The summed E-state index contributed by atoms with van der Waals surface area (Å²) in [5, 5.41) is 2.97. The number of amides is 2. The summed E-state index contributed by atoms with van der Waals surface area (Å²) in [5.41, 5.74) is 4.39. The molecular weight excluding hydrogens is 438 g/mol. The van der Waals surface area contributed by atoms with Gasteiger partial charge in [0, 0.05) is 29.1 Å². The Morgan fingerprint density at radius 3 is 2.88 bits per heavy atom. The molecule has 1 aliphatic rings. The number of nitrogens with zero attached hydrogens (tertiary/aromatic N) is 2. The number of hydrogen-bond acceptors (Lipinski definition) is 6. The average molecular weight is 460 g/mol. The number of anilines is 2. The third-order valence-electron chi connectivity index (χ3n) is 5.40. The lowest BCUT2D eigenvalue weighted by Gasteiger charge is -2.23. The standard InChI is InChI=1S/C25H21N3O4S/c1-31-11-10-28-20-8-7-17(14-23(20)33-22-5-3-2-4-18(22)25(28)30)27-24(29)13-16-6-9-21-19(12-16)26-15-32-21/h2-9,12,14-15H,10-11,13H2,1H3,(H,27,29).